The molecule has 2 nitrogen and oxygen atoms in total. The van der Waals surface area contributed by atoms with Crippen molar-refractivity contribution in [1.82, 2.24) is 0 Å². The van der Waals surface area contributed by atoms with Crippen molar-refractivity contribution in [3.8, 4) is 0 Å². The fourth-order valence-electron chi connectivity index (χ4n) is 0.913. The minimum absolute atomic E-state index is 0.0517. The molecule has 0 aromatic heterocycles. The van der Waals surface area contributed by atoms with Gasteiger partial charge < -0.3 is 5.11 Å². The largest absolute Gasteiger partial charge is 0.481 e. The maximum atomic E-state index is 13.1. The number of carboxylic acids is 1. The van der Waals surface area contributed by atoms with Gasteiger partial charge in [0.05, 0.1) is 10.9 Å². The molecule has 0 aliphatic rings. The van der Waals surface area contributed by atoms with E-state index in [1.807, 2.05) is 0 Å². The van der Waals surface area contributed by atoms with Crippen LogP contribution in [0.1, 0.15) is 5.56 Å². The summed E-state index contributed by atoms with van der Waals surface area (Å²) in [6.07, 6.45) is -0.547. The van der Waals surface area contributed by atoms with Gasteiger partial charge in [-0.1, -0.05) is 0 Å². The number of carbonyl (C=O) groups is 1. The Balaban J connectivity index is 3.25. The van der Waals surface area contributed by atoms with Gasteiger partial charge in [0, 0.05) is 10.0 Å². The van der Waals surface area contributed by atoms with Crippen LogP contribution in [0.25, 0.3) is 0 Å². The first-order valence-electron chi connectivity index (χ1n) is 3.47. The Bertz CT molecular complexity index is 393. The molecule has 14 heavy (non-hydrogen) atoms. The van der Waals surface area contributed by atoms with Crippen molar-refractivity contribution in [2.75, 3.05) is 0 Å². The molecule has 0 heterocycles. The SMILES string of the molecule is O=C(O)Cc1cc(Br)c(Br)c(F)c1F. The van der Waals surface area contributed by atoms with Crippen molar-refractivity contribution in [1.29, 1.82) is 0 Å². The van der Waals surface area contributed by atoms with Gasteiger partial charge >= 0.3 is 5.97 Å². The third-order valence-electron chi connectivity index (χ3n) is 1.52. The number of aliphatic carboxylic acids is 1. The van der Waals surface area contributed by atoms with Gasteiger partial charge in [0.25, 0.3) is 0 Å². The van der Waals surface area contributed by atoms with E-state index in [0.29, 0.717) is 0 Å². The molecule has 6 heteroatoms. The Kier molecular flexibility index (Phi) is 3.60. The molecule has 0 unspecified atom stereocenters. The molecule has 0 bridgehead atoms. The van der Waals surface area contributed by atoms with E-state index in [2.05, 4.69) is 31.9 Å². The Morgan fingerprint density at radius 2 is 1.93 bits per heavy atom. The second kappa shape index (κ2) is 4.35. The summed E-state index contributed by atoms with van der Waals surface area (Å²) in [6, 6.07) is 1.23. The molecule has 1 aromatic rings. The van der Waals surface area contributed by atoms with Crippen molar-refractivity contribution in [2.24, 2.45) is 0 Å². The normalized spacial score (nSPS) is 10.3. The summed E-state index contributed by atoms with van der Waals surface area (Å²) in [5.41, 5.74) is -0.190. The minimum atomic E-state index is -1.21. The molecule has 0 aliphatic carbocycles. The molecule has 0 saturated heterocycles. The number of carboxylic acid groups (broad SMARTS) is 1. The van der Waals surface area contributed by atoms with Crippen LogP contribution in [0.4, 0.5) is 8.78 Å². The highest BCUT2D eigenvalue weighted by Crippen LogP contribution is 2.30. The fraction of sp³-hybridized carbons (Fsp3) is 0.125. The van der Waals surface area contributed by atoms with Crippen LogP contribution in [-0.2, 0) is 11.2 Å². The molecule has 0 saturated carbocycles. The summed E-state index contributed by atoms with van der Waals surface area (Å²) >= 11 is 5.80. The van der Waals surface area contributed by atoms with E-state index in [1.165, 1.54) is 6.07 Å². The molecule has 0 atom stereocenters. The van der Waals surface area contributed by atoms with Gasteiger partial charge in [-0.25, -0.2) is 8.78 Å². The lowest BCUT2D eigenvalue weighted by molar-refractivity contribution is -0.136. The van der Waals surface area contributed by atoms with E-state index in [1.54, 1.807) is 0 Å². The van der Waals surface area contributed by atoms with Crippen LogP contribution in [0.2, 0.25) is 0 Å². The summed E-state index contributed by atoms with van der Waals surface area (Å²) in [6.45, 7) is 0. The predicted octanol–water partition coefficient (Wildman–Crippen LogP) is 3.12. The van der Waals surface area contributed by atoms with Crippen LogP contribution in [0.5, 0.6) is 0 Å². The summed E-state index contributed by atoms with van der Waals surface area (Å²) < 4.78 is 26.4. The van der Waals surface area contributed by atoms with Crippen molar-refractivity contribution < 1.29 is 18.7 Å². The first kappa shape index (κ1) is 11.6. The van der Waals surface area contributed by atoms with Crippen LogP contribution in [0.3, 0.4) is 0 Å². The zero-order chi connectivity index (χ0) is 10.9. The van der Waals surface area contributed by atoms with E-state index < -0.39 is 24.0 Å². The topological polar surface area (TPSA) is 37.3 Å². The van der Waals surface area contributed by atoms with Crippen LogP contribution >= 0.6 is 31.9 Å². The average Bonchev–Trinajstić information content (AvgIpc) is 2.10. The minimum Gasteiger partial charge on any atom is -0.481 e. The molecular formula is C8H4Br2F2O2. The van der Waals surface area contributed by atoms with Gasteiger partial charge in [0.2, 0.25) is 0 Å². The maximum Gasteiger partial charge on any atom is 0.307 e. The van der Waals surface area contributed by atoms with E-state index in [-0.39, 0.29) is 14.5 Å². The molecule has 0 aliphatic heterocycles. The molecular weight excluding hydrogens is 326 g/mol. The van der Waals surface area contributed by atoms with E-state index >= 15 is 0 Å². The first-order chi connectivity index (χ1) is 6.43. The smallest absolute Gasteiger partial charge is 0.307 e. The fourth-order valence-corrected chi connectivity index (χ4v) is 1.65. The maximum absolute atomic E-state index is 13.1. The third-order valence-corrected chi connectivity index (χ3v) is 3.45. The lowest BCUT2D eigenvalue weighted by Crippen LogP contribution is -2.04. The quantitative estimate of drug-likeness (QED) is 0.668. The summed E-state index contributed by atoms with van der Waals surface area (Å²) in [5, 5.41) is 8.43. The van der Waals surface area contributed by atoms with Crippen molar-refractivity contribution in [3.63, 3.8) is 0 Å². The highest BCUT2D eigenvalue weighted by Gasteiger charge is 2.17. The van der Waals surface area contributed by atoms with Crippen LogP contribution in [-0.4, -0.2) is 11.1 Å². The van der Waals surface area contributed by atoms with Crippen LogP contribution < -0.4 is 0 Å². The number of halogens is 4. The van der Waals surface area contributed by atoms with E-state index in [0.717, 1.165) is 0 Å². The molecule has 76 valence electrons. The van der Waals surface area contributed by atoms with Crippen LogP contribution in [0.15, 0.2) is 15.0 Å². The summed E-state index contributed by atoms with van der Waals surface area (Å²) in [4.78, 5) is 10.3. The van der Waals surface area contributed by atoms with Crippen molar-refractivity contribution in [2.45, 2.75) is 6.42 Å². The Labute approximate surface area is 95.2 Å². The average molecular weight is 330 g/mol. The van der Waals surface area contributed by atoms with Crippen molar-refractivity contribution >= 4 is 37.8 Å². The third kappa shape index (κ3) is 2.30. The predicted molar refractivity (Wildman–Crippen MR) is 53.1 cm³/mol. The van der Waals surface area contributed by atoms with Crippen LogP contribution in [0, 0.1) is 11.6 Å². The number of hydrogen-bond donors (Lipinski definition) is 1. The number of rotatable bonds is 2. The molecule has 0 radical (unpaired) electrons. The summed E-state index contributed by atoms with van der Waals surface area (Å²) in [5.74, 6) is -3.43. The standard InChI is InChI=1S/C8H4Br2F2O2/c9-4-1-3(2-5(13)14)7(11)8(12)6(4)10/h1H,2H2,(H,13,14). The van der Waals surface area contributed by atoms with Gasteiger partial charge in [-0.3, -0.25) is 4.79 Å². The second-order valence-electron chi connectivity index (χ2n) is 2.53. The highest BCUT2D eigenvalue weighted by atomic mass is 79.9. The van der Waals surface area contributed by atoms with Gasteiger partial charge in [-0.2, -0.15) is 0 Å². The van der Waals surface area contributed by atoms with Crippen molar-refractivity contribution in [3.05, 3.63) is 32.2 Å². The first-order valence-corrected chi connectivity index (χ1v) is 5.05. The Hall–Kier alpha value is -0.490. The van der Waals surface area contributed by atoms with E-state index in [9.17, 15) is 13.6 Å². The molecule has 0 fully saturated rings. The van der Waals surface area contributed by atoms with Gasteiger partial charge in [0.1, 0.15) is 0 Å². The molecule has 1 rings (SSSR count). The Morgan fingerprint density at radius 1 is 1.36 bits per heavy atom. The molecule has 1 N–H and O–H groups in total. The van der Waals surface area contributed by atoms with Gasteiger partial charge in [0.15, 0.2) is 11.6 Å². The zero-order valence-electron chi connectivity index (χ0n) is 6.65. The zero-order valence-corrected chi connectivity index (χ0v) is 9.82. The molecule has 1 aromatic carbocycles. The molecule has 0 spiro atoms. The second-order valence-corrected chi connectivity index (χ2v) is 4.18. The van der Waals surface area contributed by atoms with Gasteiger partial charge in [-0.05, 0) is 37.9 Å². The Morgan fingerprint density at radius 3 is 2.43 bits per heavy atom. The highest BCUT2D eigenvalue weighted by molar-refractivity contribution is 9.13. The van der Waals surface area contributed by atoms with E-state index in [4.69, 9.17) is 5.11 Å². The summed E-state index contributed by atoms with van der Waals surface area (Å²) in [7, 11) is 0. The monoisotopic (exact) mass is 328 g/mol. The number of hydrogen-bond acceptors (Lipinski definition) is 1. The molecule has 0 amide bonds. The lowest BCUT2D eigenvalue weighted by atomic mass is 10.1. The number of benzene rings is 1. The van der Waals surface area contributed by atoms with Gasteiger partial charge in [-0.15, -0.1) is 0 Å². The lowest BCUT2D eigenvalue weighted by Gasteiger charge is -2.04.